The highest BCUT2D eigenvalue weighted by Crippen LogP contribution is 2.52. The second-order valence-corrected chi connectivity index (χ2v) is 6.89. The number of aliphatic carboxylic acids is 1. The van der Waals surface area contributed by atoms with Crippen LogP contribution in [-0.4, -0.2) is 41.1 Å². The predicted octanol–water partition coefficient (Wildman–Crippen LogP) is 0.653. The van der Waals surface area contributed by atoms with Crippen LogP contribution in [0.25, 0.3) is 0 Å². The third kappa shape index (κ3) is 2.19. The van der Waals surface area contributed by atoms with Crippen LogP contribution < -0.4 is 5.11 Å². The molecule has 5 heteroatoms. The average molecular weight is 304 g/mol. The Balaban J connectivity index is 1.76. The summed E-state index contributed by atoms with van der Waals surface area (Å²) < 4.78 is 5.84. The number of carboxylic acid groups (broad SMARTS) is 1. The Labute approximate surface area is 130 Å². The molecule has 1 spiro atoms. The molecule has 0 aliphatic carbocycles. The fourth-order valence-electron chi connectivity index (χ4n) is 3.94. The van der Waals surface area contributed by atoms with Crippen molar-refractivity contribution in [3.63, 3.8) is 0 Å². The van der Waals surface area contributed by atoms with Crippen molar-refractivity contribution in [2.24, 2.45) is 11.8 Å². The maximum absolute atomic E-state index is 12.7. The zero-order valence-electron chi connectivity index (χ0n) is 13.2. The molecular formula is C17H22NO4-. The van der Waals surface area contributed by atoms with Gasteiger partial charge in [-0.25, -0.2) is 0 Å². The molecular weight excluding hydrogens is 282 g/mol. The number of fused-ring (bicyclic) bond motifs is 1. The largest absolute Gasteiger partial charge is 0.550 e. The zero-order chi connectivity index (χ0) is 16.1. The van der Waals surface area contributed by atoms with Crippen molar-refractivity contribution in [3.05, 3.63) is 23.8 Å². The fourth-order valence-corrected chi connectivity index (χ4v) is 3.94. The molecule has 0 radical (unpaired) electrons. The van der Waals surface area contributed by atoms with Gasteiger partial charge in [0.1, 0.15) is 5.60 Å². The lowest BCUT2D eigenvalue weighted by molar-refractivity contribution is -0.313. The number of hydrogen-bond acceptors (Lipinski definition) is 4. The van der Waals surface area contributed by atoms with Gasteiger partial charge in [-0.05, 0) is 33.6 Å². The van der Waals surface area contributed by atoms with Crippen LogP contribution in [0.3, 0.4) is 0 Å². The summed E-state index contributed by atoms with van der Waals surface area (Å²) in [6.07, 6.45) is 7.06. The molecule has 120 valence electrons. The fraction of sp³-hybridized carbons (Fsp3) is 0.647. The molecule has 0 N–H and O–H groups in total. The Hall–Kier alpha value is -1.62. The minimum absolute atomic E-state index is 0.0709. The molecule has 0 aromatic rings. The van der Waals surface area contributed by atoms with Gasteiger partial charge in [-0.2, -0.15) is 0 Å². The van der Waals surface area contributed by atoms with Crippen LogP contribution >= 0.6 is 0 Å². The Morgan fingerprint density at radius 3 is 2.95 bits per heavy atom. The lowest BCUT2D eigenvalue weighted by Gasteiger charge is -2.27. The van der Waals surface area contributed by atoms with E-state index in [1.165, 1.54) is 5.57 Å². The first-order valence-electron chi connectivity index (χ1n) is 7.87. The molecule has 22 heavy (non-hydrogen) atoms. The van der Waals surface area contributed by atoms with E-state index in [-0.39, 0.29) is 11.9 Å². The minimum Gasteiger partial charge on any atom is -0.550 e. The number of nitrogens with zero attached hydrogens (tertiary/aromatic N) is 1. The van der Waals surface area contributed by atoms with E-state index in [9.17, 15) is 14.7 Å². The van der Waals surface area contributed by atoms with E-state index >= 15 is 0 Å². The number of carbonyl (C=O) groups is 2. The van der Waals surface area contributed by atoms with Crippen molar-refractivity contribution in [2.45, 2.75) is 51.4 Å². The zero-order valence-corrected chi connectivity index (χ0v) is 13.2. The summed E-state index contributed by atoms with van der Waals surface area (Å²) in [6, 6.07) is 0.0709. The van der Waals surface area contributed by atoms with E-state index in [4.69, 9.17) is 4.74 Å². The molecule has 1 amide bonds. The Kier molecular flexibility index (Phi) is 3.63. The average Bonchev–Trinajstić information content (AvgIpc) is 3.06. The molecule has 2 bridgehead atoms. The molecule has 2 fully saturated rings. The summed E-state index contributed by atoms with van der Waals surface area (Å²) in [6.45, 7) is 6.56. The maximum Gasteiger partial charge on any atom is 0.230 e. The van der Waals surface area contributed by atoms with E-state index in [0.717, 1.165) is 12.8 Å². The summed E-state index contributed by atoms with van der Waals surface area (Å²) >= 11 is 0. The monoisotopic (exact) mass is 304 g/mol. The molecule has 0 unspecified atom stereocenters. The standard InChI is InChI=1S/C17H23NO4/c1-10(2)5-4-6-11(3)18-9-17-8-7-12(22-17)13(16(20)21)14(17)15(18)19/h5,7-8,11-14H,4,6,9H2,1-3H3,(H,20,21)/p-1/t11-,12+,13-,14+,17+/m0/s1. The predicted molar refractivity (Wildman–Crippen MR) is 78.6 cm³/mol. The maximum atomic E-state index is 12.7. The van der Waals surface area contributed by atoms with Crippen LogP contribution in [0.4, 0.5) is 0 Å². The summed E-state index contributed by atoms with van der Waals surface area (Å²) in [5, 5.41) is 11.4. The van der Waals surface area contributed by atoms with E-state index in [1.807, 2.05) is 13.0 Å². The highest BCUT2D eigenvalue weighted by Gasteiger charge is 2.65. The number of likely N-dealkylation sites (tertiary alicyclic amines) is 1. The molecule has 5 atom stereocenters. The van der Waals surface area contributed by atoms with Crippen molar-refractivity contribution < 1.29 is 19.4 Å². The van der Waals surface area contributed by atoms with Crippen LogP contribution in [0.2, 0.25) is 0 Å². The second-order valence-electron chi connectivity index (χ2n) is 6.89. The quantitative estimate of drug-likeness (QED) is 0.699. The van der Waals surface area contributed by atoms with Crippen LogP contribution in [0, 0.1) is 11.8 Å². The summed E-state index contributed by atoms with van der Waals surface area (Å²) in [5.74, 6) is -2.77. The number of amides is 1. The summed E-state index contributed by atoms with van der Waals surface area (Å²) in [7, 11) is 0. The third-order valence-electron chi connectivity index (χ3n) is 5.07. The van der Waals surface area contributed by atoms with Gasteiger partial charge in [0.2, 0.25) is 5.91 Å². The van der Waals surface area contributed by atoms with Gasteiger partial charge in [-0.15, -0.1) is 0 Å². The molecule has 0 saturated carbocycles. The molecule has 2 saturated heterocycles. The van der Waals surface area contributed by atoms with Gasteiger partial charge in [-0.1, -0.05) is 23.8 Å². The van der Waals surface area contributed by atoms with Crippen molar-refractivity contribution in [1.29, 1.82) is 0 Å². The number of rotatable bonds is 5. The van der Waals surface area contributed by atoms with Gasteiger partial charge in [0, 0.05) is 17.9 Å². The lowest BCUT2D eigenvalue weighted by Crippen LogP contribution is -2.45. The first-order chi connectivity index (χ1) is 10.4. The minimum atomic E-state index is -1.19. The summed E-state index contributed by atoms with van der Waals surface area (Å²) in [4.78, 5) is 25.9. The van der Waals surface area contributed by atoms with Gasteiger partial charge >= 0.3 is 0 Å². The molecule has 0 aromatic carbocycles. The van der Waals surface area contributed by atoms with E-state index in [2.05, 4.69) is 19.9 Å². The number of ether oxygens (including phenoxy) is 1. The molecule has 0 aromatic heterocycles. The highest BCUT2D eigenvalue weighted by molar-refractivity contribution is 5.90. The molecule has 3 rings (SSSR count). The van der Waals surface area contributed by atoms with Gasteiger partial charge in [-0.3, -0.25) is 4.79 Å². The Morgan fingerprint density at radius 2 is 2.32 bits per heavy atom. The summed E-state index contributed by atoms with van der Waals surface area (Å²) in [5.41, 5.74) is 0.509. The molecule has 3 aliphatic rings. The van der Waals surface area contributed by atoms with E-state index in [1.54, 1.807) is 11.0 Å². The SMILES string of the molecule is CC(C)=CCC[C@H](C)N1C[C@@]23C=C[C@@H](O2)[C@H](C(=O)[O-])[C@@H]3C1=O. The number of carboxylic acids is 1. The Morgan fingerprint density at radius 1 is 1.59 bits per heavy atom. The van der Waals surface area contributed by atoms with Crippen LogP contribution in [0.15, 0.2) is 23.8 Å². The Bertz CT molecular complexity index is 563. The molecule has 3 heterocycles. The van der Waals surface area contributed by atoms with Crippen molar-refractivity contribution in [1.82, 2.24) is 4.90 Å². The second kappa shape index (κ2) is 5.23. The van der Waals surface area contributed by atoms with Gasteiger partial charge < -0.3 is 19.5 Å². The van der Waals surface area contributed by atoms with Crippen LogP contribution in [0.1, 0.15) is 33.6 Å². The molecule has 5 nitrogen and oxygen atoms in total. The number of hydrogen-bond donors (Lipinski definition) is 0. The first kappa shape index (κ1) is 15.3. The first-order valence-corrected chi connectivity index (χ1v) is 7.87. The smallest absolute Gasteiger partial charge is 0.230 e. The highest BCUT2D eigenvalue weighted by atomic mass is 16.5. The number of carbonyl (C=O) groups excluding carboxylic acids is 2. The topological polar surface area (TPSA) is 69.7 Å². The van der Waals surface area contributed by atoms with Gasteiger partial charge in [0.25, 0.3) is 0 Å². The molecule has 3 aliphatic heterocycles. The van der Waals surface area contributed by atoms with Crippen molar-refractivity contribution in [3.8, 4) is 0 Å². The van der Waals surface area contributed by atoms with Gasteiger partial charge in [0.05, 0.1) is 18.6 Å². The van der Waals surface area contributed by atoms with Gasteiger partial charge in [0.15, 0.2) is 0 Å². The van der Waals surface area contributed by atoms with Crippen LogP contribution in [-0.2, 0) is 14.3 Å². The third-order valence-corrected chi connectivity index (χ3v) is 5.07. The normalized spacial score (nSPS) is 36.6. The van der Waals surface area contributed by atoms with Crippen molar-refractivity contribution >= 4 is 11.9 Å². The van der Waals surface area contributed by atoms with E-state index in [0.29, 0.717) is 6.54 Å². The number of allylic oxidation sites excluding steroid dienone is 2. The van der Waals surface area contributed by atoms with Crippen molar-refractivity contribution in [2.75, 3.05) is 6.54 Å². The lowest BCUT2D eigenvalue weighted by atomic mass is 9.77. The van der Waals surface area contributed by atoms with Crippen LogP contribution in [0.5, 0.6) is 0 Å². The van der Waals surface area contributed by atoms with E-state index < -0.39 is 29.5 Å².